The minimum Gasteiger partial charge on any atom is -0.351 e. The first-order chi connectivity index (χ1) is 19.4. The summed E-state index contributed by atoms with van der Waals surface area (Å²) in [7, 11) is 1.71. The van der Waals surface area contributed by atoms with E-state index in [-0.39, 0.29) is 22.8 Å². The lowest BCUT2D eigenvalue weighted by Gasteiger charge is -2.19. The topological polar surface area (TPSA) is 92.2 Å². The molecule has 0 aliphatic heterocycles. The second kappa shape index (κ2) is 11.8. The lowest BCUT2D eigenvalue weighted by molar-refractivity contribution is -0.115. The van der Waals surface area contributed by atoms with E-state index in [0.717, 1.165) is 22.3 Å². The molecule has 0 spiro atoms. The quantitative estimate of drug-likeness (QED) is 0.225. The first-order valence-corrected chi connectivity index (χ1v) is 13.8. The zero-order chi connectivity index (χ0) is 29.9. The van der Waals surface area contributed by atoms with Crippen molar-refractivity contribution in [2.75, 3.05) is 16.0 Å². The maximum absolute atomic E-state index is 13.1. The number of pyridine rings is 1. The summed E-state index contributed by atoms with van der Waals surface area (Å²) >= 11 is 0. The fourth-order valence-corrected chi connectivity index (χ4v) is 4.58. The second-order valence-electron chi connectivity index (χ2n) is 11.4. The van der Waals surface area contributed by atoms with Crippen LogP contribution in [0.25, 0.3) is 11.1 Å². The molecule has 0 atom stereocenters. The van der Waals surface area contributed by atoms with Crippen molar-refractivity contribution in [3.05, 3.63) is 106 Å². The Kier molecular flexibility index (Phi) is 8.47. The van der Waals surface area contributed by atoms with E-state index in [9.17, 15) is 14.4 Å². The number of benzene rings is 3. The molecule has 0 aliphatic carbocycles. The summed E-state index contributed by atoms with van der Waals surface area (Å²) in [6, 6.07) is 20.8. The van der Waals surface area contributed by atoms with Gasteiger partial charge >= 0.3 is 0 Å². The number of anilines is 4. The number of nitrogens with zero attached hydrogens (tertiary/aromatic N) is 1. The minimum atomic E-state index is -0.186. The van der Waals surface area contributed by atoms with Gasteiger partial charge in [-0.15, -0.1) is 0 Å². The average molecular weight is 551 g/mol. The number of carbonyl (C=O) groups excluding carboxylic acids is 2. The molecule has 0 saturated carbocycles. The van der Waals surface area contributed by atoms with E-state index >= 15 is 0 Å². The normalized spacial score (nSPS) is 11.2. The Morgan fingerprint density at radius 3 is 2.22 bits per heavy atom. The number of hydrogen-bond acceptors (Lipinski definition) is 4. The van der Waals surface area contributed by atoms with Crippen molar-refractivity contribution in [1.82, 2.24) is 4.57 Å². The maximum Gasteiger partial charge on any atom is 0.274 e. The first kappa shape index (κ1) is 29.3. The summed E-state index contributed by atoms with van der Waals surface area (Å²) in [5, 5.41) is 9.18. The summed E-state index contributed by atoms with van der Waals surface area (Å²) in [6.45, 7) is 12.1. The number of amides is 2. The van der Waals surface area contributed by atoms with Crippen LogP contribution >= 0.6 is 0 Å². The van der Waals surface area contributed by atoms with Crippen LogP contribution in [0.15, 0.2) is 77.7 Å². The van der Waals surface area contributed by atoms with Crippen molar-refractivity contribution in [2.24, 2.45) is 7.05 Å². The molecule has 0 aliphatic rings. The van der Waals surface area contributed by atoms with Crippen LogP contribution in [0, 0.1) is 13.8 Å². The van der Waals surface area contributed by atoms with E-state index < -0.39 is 0 Å². The molecule has 41 heavy (non-hydrogen) atoms. The number of nitrogens with one attached hydrogen (secondary N) is 3. The van der Waals surface area contributed by atoms with Gasteiger partial charge in [0.15, 0.2) is 0 Å². The smallest absolute Gasteiger partial charge is 0.274 e. The Labute approximate surface area is 241 Å². The van der Waals surface area contributed by atoms with Crippen LogP contribution in [-0.2, 0) is 17.3 Å². The molecular formula is C34H38N4O3. The second-order valence-corrected chi connectivity index (χ2v) is 11.4. The highest BCUT2D eigenvalue weighted by Gasteiger charge is 2.16. The van der Waals surface area contributed by atoms with Gasteiger partial charge in [0.25, 0.3) is 11.5 Å². The van der Waals surface area contributed by atoms with Gasteiger partial charge in [-0.1, -0.05) is 58.0 Å². The van der Waals surface area contributed by atoms with E-state index in [4.69, 9.17) is 0 Å². The molecule has 7 heteroatoms. The van der Waals surface area contributed by atoms with Crippen molar-refractivity contribution in [2.45, 2.75) is 53.4 Å². The van der Waals surface area contributed by atoms with Gasteiger partial charge in [0.05, 0.1) is 0 Å². The number of carbonyl (C=O) groups is 2. The van der Waals surface area contributed by atoms with Gasteiger partial charge in [-0.3, -0.25) is 14.4 Å². The van der Waals surface area contributed by atoms with Crippen LogP contribution < -0.4 is 21.5 Å². The van der Waals surface area contributed by atoms with Crippen LogP contribution in [0.5, 0.6) is 0 Å². The Morgan fingerprint density at radius 2 is 1.56 bits per heavy atom. The van der Waals surface area contributed by atoms with Gasteiger partial charge in [0.2, 0.25) is 5.91 Å². The Morgan fingerprint density at radius 1 is 0.854 bits per heavy atom. The maximum atomic E-state index is 13.1. The van der Waals surface area contributed by atoms with Crippen molar-refractivity contribution in [3.8, 4) is 11.1 Å². The highest BCUT2D eigenvalue weighted by molar-refractivity contribution is 6.05. The molecule has 0 bridgehead atoms. The standard InChI is InChI=1S/C34H38N4O3/c1-8-31(39)36-29-19-26(17-12-21(29)2)35-30-18-24(20-38(7)33(30)41)27-10-9-11-28(22(27)3)37-32(40)23-13-15-25(16-14-23)34(4,5)6/h9-20,35H,8H2,1-7H3,(H,36,39)(H,37,40). The van der Waals surface area contributed by atoms with Gasteiger partial charge in [0, 0.05) is 47.9 Å². The first-order valence-electron chi connectivity index (χ1n) is 13.8. The third kappa shape index (κ3) is 6.74. The van der Waals surface area contributed by atoms with Gasteiger partial charge < -0.3 is 20.5 Å². The number of aromatic nitrogens is 1. The van der Waals surface area contributed by atoms with Crippen molar-refractivity contribution in [1.29, 1.82) is 0 Å². The lowest BCUT2D eigenvalue weighted by atomic mass is 9.86. The molecule has 2 amide bonds. The molecule has 4 aromatic rings. The van der Waals surface area contributed by atoms with Gasteiger partial charge in [-0.25, -0.2) is 0 Å². The summed E-state index contributed by atoms with van der Waals surface area (Å²) < 4.78 is 1.53. The zero-order valence-electron chi connectivity index (χ0n) is 24.8. The number of hydrogen-bond donors (Lipinski definition) is 3. The van der Waals surface area contributed by atoms with Crippen LogP contribution in [-0.4, -0.2) is 16.4 Å². The molecule has 0 saturated heterocycles. The average Bonchev–Trinajstić information content (AvgIpc) is 2.93. The molecule has 7 nitrogen and oxygen atoms in total. The SMILES string of the molecule is CCC(=O)Nc1cc(Nc2cc(-c3cccc(NC(=O)c4ccc(C(C)(C)C)cc4)c3C)cn(C)c2=O)ccc1C. The molecule has 3 N–H and O–H groups in total. The van der Waals surface area contributed by atoms with Crippen LogP contribution in [0.3, 0.4) is 0 Å². The van der Waals surface area contributed by atoms with E-state index in [1.165, 1.54) is 10.1 Å². The Hall–Kier alpha value is -4.65. The molecule has 0 radical (unpaired) electrons. The van der Waals surface area contributed by atoms with E-state index in [1.54, 1.807) is 20.2 Å². The Bertz CT molecular complexity index is 1660. The summed E-state index contributed by atoms with van der Waals surface area (Å²) in [5.41, 5.74) is 7.59. The summed E-state index contributed by atoms with van der Waals surface area (Å²) in [6.07, 6.45) is 2.16. The minimum absolute atomic E-state index is 0.0101. The molecule has 3 aromatic carbocycles. The predicted molar refractivity (Wildman–Crippen MR) is 168 cm³/mol. The highest BCUT2D eigenvalue weighted by Crippen LogP contribution is 2.31. The number of rotatable bonds is 7. The van der Waals surface area contributed by atoms with Crippen molar-refractivity contribution in [3.63, 3.8) is 0 Å². The lowest BCUT2D eigenvalue weighted by Crippen LogP contribution is -2.19. The van der Waals surface area contributed by atoms with E-state index in [1.807, 2.05) is 80.6 Å². The van der Waals surface area contributed by atoms with Gasteiger partial charge in [-0.05, 0) is 77.9 Å². The van der Waals surface area contributed by atoms with Gasteiger partial charge in [0.1, 0.15) is 5.69 Å². The molecule has 0 fully saturated rings. The van der Waals surface area contributed by atoms with E-state index in [0.29, 0.717) is 34.7 Å². The fourth-order valence-electron chi connectivity index (χ4n) is 4.58. The highest BCUT2D eigenvalue weighted by atomic mass is 16.2. The molecule has 0 unspecified atom stereocenters. The third-order valence-corrected chi connectivity index (χ3v) is 7.20. The van der Waals surface area contributed by atoms with Crippen LogP contribution in [0.2, 0.25) is 0 Å². The fraction of sp³-hybridized carbons (Fsp3) is 0.265. The van der Waals surface area contributed by atoms with Gasteiger partial charge in [-0.2, -0.15) is 0 Å². The summed E-state index contributed by atoms with van der Waals surface area (Å²) in [5.74, 6) is -0.258. The molecule has 1 heterocycles. The number of aryl methyl sites for hydroxylation is 2. The Balaban J connectivity index is 1.62. The van der Waals surface area contributed by atoms with E-state index in [2.05, 4.69) is 36.7 Å². The monoisotopic (exact) mass is 550 g/mol. The van der Waals surface area contributed by atoms with Crippen LogP contribution in [0.1, 0.15) is 61.2 Å². The van der Waals surface area contributed by atoms with Crippen molar-refractivity contribution >= 4 is 34.6 Å². The molecule has 212 valence electrons. The molecule has 1 aromatic heterocycles. The van der Waals surface area contributed by atoms with Crippen LogP contribution in [0.4, 0.5) is 22.7 Å². The third-order valence-electron chi connectivity index (χ3n) is 7.20. The molecular weight excluding hydrogens is 512 g/mol. The predicted octanol–water partition coefficient (Wildman–Crippen LogP) is 7.31. The zero-order valence-corrected chi connectivity index (χ0v) is 24.8. The molecule has 4 rings (SSSR count). The largest absolute Gasteiger partial charge is 0.351 e. The van der Waals surface area contributed by atoms with Crippen molar-refractivity contribution < 1.29 is 9.59 Å². The summed E-state index contributed by atoms with van der Waals surface area (Å²) in [4.78, 5) is 38.1.